The molecule has 2 amide bonds. The molecule has 0 bridgehead atoms. The number of hydrogen-bond acceptors (Lipinski definition) is 7. The van der Waals surface area contributed by atoms with E-state index in [1.807, 2.05) is 0 Å². The summed E-state index contributed by atoms with van der Waals surface area (Å²) in [5.74, 6) is -1.78. The Balaban J connectivity index is 1.47. The minimum absolute atomic E-state index is 0.105. The highest BCUT2D eigenvalue weighted by Gasteiger charge is 2.43. The van der Waals surface area contributed by atoms with Crippen LogP contribution in [0.25, 0.3) is 0 Å². The van der Waals surface area contributed by atoms with Gasteiger partial charge in [0, 0.05) is 12.8 Å². The van der Waals surface area contributed by atoms with Crippen molar-refractivity contribution in [3.8, 4) is 0 Å². The Bertz CT molecular complexity index is 1220. The standard InChI is InChI=1S/C24H28FN3O6S/c1-35(32,33)21-14-16(25)7-8-18(21)28-12-9-17(19(29)15-28)26-23(31)24(10-3-2-4-11-24)27-22(30)20-6-5-13-34-20/h5-8,13-14,17H,2-4,9-12,15H2,1H3,(H,26,31)(H,27,30). The van der Waals surface area contributed by atoms with E-state index in [2.05, 4.69) is 10.6 Å². The molecule has 2 fully saturated rings. The number of sulfone groups is 1. The Kier molecular flexibility index (Phi) is 6.98. The van der Waals surface area contributed by atoms with Crippen LogP contribution in [0.4, 0.5) is 10.1 Å². The molecule has 1 unspecified atom stereocenters. The number of rotatable bonds is 6. The first kappa shape index (κ1) is 24.9. The predicted molar refractivity (Wildman–Crippen MR) is 125 cm³/mol. The van der Waals surface area contributed by atoms with E-state index in [0.29, 0.717) is 12.8 Å². The van der Waals surface area contributed by atoms with Crippen LogP contribution >= 0.6 is 0 Å². The predicted octanol–water partition coefficient (Wildman–Crippen LogP) is 2.22. The van der Waals surface area contributed by atoms with E-state index in [1.165, 1.54) is 18.4 Å². The highest BCUT2D eigenvalue weighted by molar-refractivity contribution is 7.90. The second-order valence-electron chi connectivity index (χ2n) is 9.16. The number of carbonyl (C=O) groups excluding carboxylic acids is 3. The Morgan fingerprint density at radius 1 is 1.17 bits per heavy atom. The van der Waals surface area contributed by atoms with E-state index in [-0.39, 0.29) is 41.6 Å². The first-order valence-corrected chi connectivity index (χ1v) is 13.4. The SMILES string of the molecule is CS(=O)(=O)c1cc(F)ccc1N1CCC(NC(=O)C2(NC(=O)c3ccco3)CCCCC2)C(=O)C1. The van der Waals surface area contributed by atoms with Gasteiger partial charge in [-0.15, -0.1) is 0 Å². The van der Waals surface area contributed by atoms with Gasteiger partial charge in [-0.25, -0.2) is 12.8 Å². The minimum Gasteiger partial charge on any atom is -0.459 e. The quantitative estimate of drug-likeness (QED) is 0.617. The molecule has 0 radical (unpaired) electrons. The van der Waals surface area contributed by atoms with Gasteiger partial charge in [0.05, 0.1) is 29.4 Å². The summed E-state index contributed by atoms with van der Waals surface area (Å²) in [5.41, 5.74) is -0.888. The molecule has 2 heterocycles. The van der Waals surface area contributed by atoms with Gasteiger partial charge in [-0.1, -0.05) is 19.3 Å². The smallest absolute Gasteiger partial charge is 0.287 e. The molecule has 2 N–H and O–H groups in total. The van der Waals surface area contributed by atoms with Gasteiger partial charge in [-0.05, 0) is 49.6 Å². The molecule has 9 nitrogen and oxygen atoms in total. The van der Waals surface area contributed by atoms with E-state index in [0.717, 1.165) is 37.7 Å². The minimum atomic E-state index is -3.72. The Hall–Kier alpha value is -3.21. The maximum Gasteiger partial charge on any atom is 0.287 e. The van der Waals surface area contributed by atoms with Gasteiger partial charge in [0.25, 0.3) is 5.91 Å². The summed E-state index contributed by atoms with van der Waals surface area (Å²) in [7, 11) is -3.72. The number of hydrogen-bond donors (Lipinski definition) is 2. The molecule has 1 aliphatic heterocycles. The van der Waals surface area contributed by atoms with Crippen molar-refractivity contribution < 1.29 is 31.6 Å². The number of benzene rings is 1. The van der Waals surface area contributed by atoms with Crippen molar-refractivity contribution >= 4 is 33.1 Å². The van der Waals surface area contributed by atoms with Crippen LogP contribution in [-0.2, 0) is 19.4 Å². The van der Waals surface area contributed by atoms with Crippen LogP contribution < -0.4 is 15.5 Å². The Morgan fingerprint density at radius 2 is 1.91 bits per heavy atom. The van der Waals surface area contributed by atoms with Crippen molar-refractivity contribution in [1.29, 1.82) is 0 Å². The Labute approximate surface area is 203 Å². The van der Waals surface area contributed by atoms with Crippen molar-refractivity contribution in [3.05, 3.63) is 48.2 Å². The fourth-order valence-corrected chi connectivity index (χ4v) is 5.68. The number of nitrogens with zero attached hydrogens (tertiary/aromatic N) is 1. The number of nitrogens with one attached hydrogen (secondary N) is 2. The van der Waals surface area contributed by atoms with Gasteiger partial charge in [0.15, 0.2) is 21.4 Å². The molecule has 1 saturated carbocycles. The van der Waals surface area contributed by atoms with Gasteiger partial charge in [-0.3, -0.25) is 14.4 Å². The summed E-state index contributed by atoms with van der Waals surface area (Å²) >= 11 is 0. The number of carbonyl (C=O) groups is 3. The molecule has 2 aliphatic rings. The topological polar surface area (TPSA) is 126 Å². The second-order valence-corrected chi connectivity index (χ2v) is 11.1. The van der Waals surface area contributed by atoms with Crippen molar-refractivity contribution in [1.82, 2.24) is 10.6 Å². The molecule has 0 spiro atoms. The number of piperidine rings is 1. The van der Waals surface area contributed by atoms with Gasteiger partial charge < -0.3 is 20.0 Å². The zero-order chi connectivity index (χ0) is 25.2. The van der Waals surface area contributed by atoms with E-state index >= 15 is 0 Å². The lowest BCUT2D eigenvalue weighted by molar-refractivity contribution is -0.133. The number of ketones is 1. The summed E-state index contributed by atoms with van der Waals surface area (Å²) in [6.45, 7) is 0.154. The average Bonchev–Trinajstić information content (AvgIpc) is 3.36. The lowest BCUT2D eigenvalue weighted by Crippen LogP contribution is -2.63. The van der Waals surface area contributed by atoms with Crippen LogP contribution in [0, 0.1) is 5.82 Å². The summed E-state index contributed by atoms with van der Waals surface area (Å²) in [4.78, 5) is 40.4. The van der Waals surface area contributed by atoms with E-state index in [9.17, 15) is 27.2 Å². The summed E-state index contributed by atoms with van der Waals surface area (Å²) < 4.78 is 43.1. The summed E-state index contributed by atoms with van der Waals surface area (Å²) in [5, 5.41) is 5.65. The first-order valence-electron chi connectivity index (χ1n) is 11.5. The van der Waals surface area contributed by atoms with E-state index in [1.54, 1.807) is 11.0 Å². The molecule has 35 heavy (non-hydrogen) atoms. The molecule has 1 saturated heterocycles. The number of Topliss-reactive ketones (excluding diaryl/α,β-unsaturated/α-hetero) is 1. The third kappa shape index (κ3) is 5.39. The number of anilines is 1. The Morgan fingerprint density at radius 3 is 2.54 bits per heavy atom. The first-order chi connectivity index (χ1) is 16.6. The molecule has 2 aromatic rings. The molecule has 1 aliphatic carbocycles. The maximum atomic E-state index is 13.7. The van der Waals surface area contributed by atoms with Gasteiger partial charge >= 0.3 is 0 Å². The lowest BCUT2D eigenvalue weighted by atomic mass is 9.80. The number of halogens is 1. The molecule has 1 aromatic carbocycles. The molecule has 1 aromatic heterocycles. The normalized spacial score (nSPS) is 20.3. The fraction of sp³-hybridized carbons (Fsp3) is 0.458. The van der Waals surface area contributed by atoms with Crippen LogP contribution in [0.2, 0.25) is 0 Å². The van der Waals surface area contributed by atoms with Gasteiger partial charge in [0.1, 0.15) is 11.4 Å². The number of furan rings is 1. The monoisotopic (exact) mass is 505 g/mol. The summed E-state index contributed by atoms with van der Waals surface area (Å²) in [6.07, 6.45) is 5.98. The molecule has 1 atom stereocenters. The molecule has 11 heteroatoms. The van der Waals surface area contributed by atoms with Crippen LogP contribution in [-0.4, -0.2) is 56.9 Å². The zero-order valence-electron chi connectivity index (χ0n) is 19.4. The van der Waals surface area contributed by atoms with Crippen molar-refractivity contribution in [2.24, 2.45) is 0 Å². The van der Waals surface area contributed by atoms with Crippen LogP contribution in [0.15, 0.2) is 45.9 Å². The molecule has 4 rings (SSSR count). The van der Waals surface area contributed by atoms with E-state index in [4.69, 9.17) is 4.42 Å². The van der Waals surface area contributed by atoms with Gasteiger partial charge in [-0.2, -0.15) is 0 Å². The van der Waals surface area contributed by atoms with Crippen molar-refractivity contribution in [2.45, 2.75) is 55.0 Å². The summed E-state index contributed by atoms with van der Waals surface area (Å²) in [6, 6.07) is 5.77. The maximum absolute atomic E-state index is 13.7. The van der Waals surface area contributed by atoms with Crippen LogP contribution in [0.5, 0.6) is 0 Å². The average molecular weight is 506 g/mol. The third-order valence-corrected chi connectivity index (χ3v) is 7.76. The highest BCUT2D eigenvalue weighted by atomic mass is 32.2. The highest BCUT2D eigenvalue weighted by Crippen LogP contribution is 2.31. The molecular weight excluding hydrogens is 477 g/mol. The number of amides is 2. The fourth-order valence-electron chi connectivity index (χ4n) is 4.78. The van der Waals surface area contributed by atoms with Gasteiger partial charge in [0.2, 0.25) is 5.91 Å². The van der Waals surface area contributed by atoms with Crippen molar-refractivity contribution in [2.75, 3.05) is 24.2 Å². The zero-order valence-corrected chi connectivity index (χ0v) is 20.2. The van der Waals surface area contributed by atoms with Crippen LogP contribution in [0.3, 0.4) is 0 Å². The largest absolute Gasteiger partial charge is 0.459 e. The molecular formula is C24H28FN3O6S. The lowest BCUT2D eigenvalue weighted by Gasteiger charge is -2.39. The third-order valence-electron chi connectivity index (χ3n) is 6.63. The second kappa shape index (κ2) is 9.80. The van der Waals surface area contributed by atoms with Crippen LogP contribution in [0.1, 0.15) is 49.1 Å². The molecule has 188 valence electrons. The van der Waals surface area contributed by atoms with Crippen molar-refractivity contribution in [3.63, 3.8) is 0 Å². The van der Waals surface area contributed by atoms with E-state index < -0.39 is 39.0 Å².